The van der Waals surface area contributed by atoms with E-state index < -0.39 is 9.84 Å². The van der Waals surface area contributed by atoms with E-state index in [1.165, 1.54) is 6.08 Å². The van der Waals surface area contributed by atoms with Gasteiger partial charge in [0.25, 0.3) is 0 Å². The van der Waals surface area contributed by atoms with E-state index in [2.05, 4.69) is 4.90 Å². The lowest BCUT2D eigenvalue weighted by Gasteiger charge is -2.37. The SMILES string of the molecule is COc1ccc(Cl)cc1C=CC(=O)N1CCN(C2CCS(=O)(=O)C2)CC1. The summed E-state index contributed by atoms with van der Waals surface area (Å²) in [5.74, 6) is 1.12. The molecule has 1 unspecified atom stereocenters. The van der Waals surface area contributed by atoms with Crippen LogP contribution in [0.4, 0.5) is 0 Å². The van der Waals surface area contributed by atoms with Crippen LogP contribution in [0.15, 0.2) is 24.3 Å². The standard InChI is InChI=1S/C18H23ClN2O4S/c1-25-17-4-3-15(19)12-14(17)2-5-18(22)21-9-7-20(8-10-21)16-6-11-26(23,24)13-16/h2-5,12,16H,6-11,13H2,1H3. The number of benzene rings is 1. The minimum absolute atomic E-state index is 0.0641. The van der Waals surface area contributed by atoms with E-state index >= 15 is 0 Å². The third kappa shape index (κ3) is 4.58. The summed E-state index contributed by atoms with van der Waals surface area (Å²) < 4.78 is 28.5. The molecule has 0 aliphatic carbocycles. The van der Waals surface area contributed by atoms with Crippen LogP contribution in [0.25, 0.3) is 6.08 Å². The Morgan fingerprint density at radius 3 is 2.62 bits per heavy atom. The van der Waals surface area contributed by atoms with E-state index in [0.29, 0.717) is 43.4 Å². The molecule has 1 amide bonds. The number of hydrogen-bond donors (Lipinski definition) is 0. The molecule has 142 valence electrons. The Hall–Kier alpha value is -1.57. The average Bonchev–Trinajstić information content (AvgIpc) is 3.00. The van der Waals surface area contributed by atoms with Crippen LogP contribution < -0.4 is 4.74 Å². The third-order valence-corrected chi connectivity index (χ3v) is 6.93. The molecular formula is C18H23ClN2O4S. The number of halogens is 1. The molecule has 26 heavy (non-hydrogen) atoms. The summed E-state index contributed by atoms with van der Waals surface area (Å²) in [5.41, 5.74) is 0.753. The Balaban J connectivity index is 1.56. The minimum atomic E-state index is -2.88. The second-order valence-corrected chi connectivity index (χ2v) is 9.30. The third-order valence-electron chi connectivity index (χ3n) is 4.95. The highest BCUT2D eigenvalue weighted by Gasteiger charge is 2.34. The largest absolute Gasteiger partial charge is 0.496 e. The van der Waals surface area contributed by atoms with Crippen molar-refractivity contribution in [3.63, 3.8) is 0 Å². The van der Waals surface area contributed by atoms with Crippen LogP contribution in [0.5, 0.6) is 5.75 Å². The monoisotopic (exact) mass is 398 g/mol. The Labute approximate surface area is 159 Å². The fourth-order valence-corrected chi connectivity index (χ4v) is 5.41. The number of hydrogen-bond acceptors (Lipinski definition) is 5. The van der Waals surface area contributed by atoms with Gasteiger partial charge in [0.1, 0.15) is 5.75 Å². The molecule has 3 rings (SSSR count). The van der Waals surface area contributed by atoms with Crippen molar-refractivity contribution in [2.45, 2.75) is 12.5 Å². The molecule has 6 nitrogen and oxygen atoms in total. The predicted octanol–water partition coefficient (Wildman–Crippen LogP) is 1.69. The van der Waals surface area contributed by atoms with Crippen LogP contribution in [-0.4, -0.2) is 75.0 Å². The first-order chi connectivity index (χ1) is 12.4. The molecule has 1 atom stereocenters. The van der Waals surface area contributed by atoms with Crippen molar-refractivity contribution in [2.24, 2.45) is 0 Å². The first-order valence-electron chi connectivity index (χ1n) is 8.63. The van der Waals surface area contributed by atoms with Crippen molar-refractivity contribution in [1.29, 1.82) is 0 Å². The molecule has 2 aliphatic rings. The Bertz CT molecular complexity index is 801. The average molecular weight is 399 g/mol. The Morgan fingerprint density at radius 1 is 1.27 bits per heavy atom. The van der Waals surface area contributed by atoms with Gasteiger partial charge >= 0.3 is 0 Å². The highest BCUT2D eigenvalue weighted by molar-refractivity contribution is 7.91. The van der Waals surface area contributed by atoms with Crippen molar-refractivity contribution < 1.29 is 17.9 Å². The van der Waals surface area contributed by atoms with Gasteiger partial charge in [0.2, 0.25) is 5.91 Å². The quantitative estimate of drug-likeness (QED) is 0.722. The topological polar surface area (TPSA) is 66.9 Å². The maximum absolute atomic E-state index is 12.4. The maximum atomic E-state index is 12.4. The molecular weight excluding hydrogens is 376 g/mol. The molecule has 0 aromatic heterocycles. The van der Waals surface area contributed by atoms with E-state index in [-0.39, 0.29) is 23.5 Å². The summed E-state index contributed by atoms with van der Waals surface area (Å²) >= 11 is 6.00. The smallest absolute Gasteiger partial charge is 0.246 e. The summed E-state index contributed by atoms with van der Waals surface area (Å²) in [6, 6.07) is 5.36. The lowest BCUT2D eigenvalue weighted by molar-refractivity contribution is -0.127. The molecule has 2 aliphatic heterocycles. The van der Waals surface area contributed by atoms with Crippen LogP contribution in [-0.2, 0) is 14.6 Å². The zero-order chi connectivity index (χ0) is 18.7. The van der Waals surface area contributed by atoms with E-state index in [0.717, 1.165) is 5.56 Å². The van der Waals surface area contributed by atoms with Crippen molar-refractivity contribution in [1.82, 2.24) is 9.80 Å². The van der Waals surface area contributed by atoms with Gasteiger partial charge in [0, 0.05) is 48.9 Å². The lowest BCUT2D eigenvalue weighted by atomic mass is 10.1. The second-order valence-electron chi connectivity index (χ2n) is 6.64. The number of piperazine rings is 1. The zero-order valence-corrected chi connectivity index (χ0v) is 16.3. The molecule has 0 spiro atoms. The van der Waals surface area contributed by atoms with Gasteiger partial charge in [-0.15, -0.1) is 0 Å². The van der Waals surface area contributed by atoms with Crippen molar-refractivity contribution in [3.05, 3.63) is 34.9 Å². The van der Waals surface area contributed by atoms with Crippen LogP contribution >= 0.6 is 11.6 Å². The Kier molecular flexibility index (Phi) is 5.89. The van der Waals surface area contributed by atoms with Crippen LogP contribution in [0.2, 0.25) is 5.02 Å². The first kappa shape index (κ1) is 19.2. The predicted molar refractivity (Wildman–Crippen MR) is 102 cm³/mol. The highest BCUT2D eigenvalue weighted by atomic mass is 35.5. The molecule has 2 fully saturated rings. The number of rotatable bonds is 4. The van der Waals surface area contributed by atoms with Gasteiger partial charge in [-0.25, -0.2) is 8.42 Å². The maximum Gasteiger partial charge on any atom is 0.246 e. The number of nitrogens with zero attached hydrogens (tertiary/aromatic N) is 2. The summed E-state index contributed by atoms with van der Waals surface area (Å²) in [6.07, 6.45) is 3.94. The van der Waals surface area contributed by atoms with Crippen molar-refractivity contribution in [2.75, 3.05) is 44.8 Å². The molecule has 0 N–H and O–H groups in total. The lowest BCUT2D eigenvalue weighted by Crippen LogP contribution is -2.52. The summed E-state index contributed by atoms with van der Waals surface area (Å²) in [4.78, 5) is 16.4. The van der Waals surface area contributed by atoms with Crippen molar-refractivity contribution >= 4 is 33.4 Å². The highest BCUT2D eigenvalue weighted by Crippen LogP contribution is 2.24. The zero-order valence-electron chi connectivity index (χ0n) is 14.7. The van der Waals surface area contributed by atoms with Crippen LogP contribution in [0.1, 0.15) is 12.0 Å². The Morgan fingerprint density at radius 2 is 2.00 bits per heavy atom. The fraction of sp³-hybridized carbons (Fsp3) is 0.500. The number of sulfone groups is 1. The van der Waals surface area contributed by atoms with Gasteiger partial charge in [0.05, 0.1) is 18.6 Å². The van der Waals surface area contributed by atoms with Crippen molar-refractivity contribution in [3.8, 4) is 5.75 Å². The van der Waals surface area contributed by atoms with Gasteiger partial charge in [0.15, 0.2) is 9.84 Å². The van der Waals surface area contributed by atoms with Gasteiger partial charge in [-0.2, -0.15) is 0 Å². The van der Waals surface area contributed by atoms with Gasteiger partial charge in [-0.05, 0) is 30.7 Å². The summed E-state index contributed by atoms with van der Waals surface area (Å²) in [7, 11) is -1.31. The molecule has 0 saturated carbocycles. The number of carbonyl (C=O) groups excluding carboxylic acids is 1. The van der Waals surface area contributed by atoms with Gasteiger partial charge < -0.3 is 9.64 Å². The fourth-order valence-electron chi connectivity index (χ4n) is 3.47. The number of methoxy groups -OCH3 is 1. The van der Waals surface area contributed by atoms with E-state index in [1.54, 1.807) is 36.3 Å². The van der Waals surface area contributed by atoms with E-state index in [4.69, 9.17) is 16.3 Å². The normalized spacial score (nSPS) is 23.5. The van der Waals surface area contributed by atoms with E-state index in [1.807, 2.05) is 0 Å². The molecule has 2 saturated heterocycles. The van der Waals surface area contributed by atoms with E-state index in [9.17, 15) is 13.2 Å². The molecule has 1 aromatic rings. The summed E-state index contributed by atoms with van der Waals surface area (Å²) in [6.45, 7) is 2.62. The van der Waals surface area contributed by atoms with Gasteiger partial charge in [-0.1, -0.05) is 11.6 Å². The van der Waals surface area contributed by atoms with Gasteiger partial charge in [-0.3, -0.25) is 9.69 Å². The molecule has 8 heteroatoms. The second kappa shape index (κ2) is 7.98. The number of ether oxygens (including phenoxy) is 1. The van der Waals surface area contributed by atoms with Crippen LogP contribution in [0, 0.1) is 0 Å². The molecule has 1 aromatic carbocycles. The first-order valence-corrected chi connectivity index (χ1v) is 10.8. The number of amides is 1. The minimum Gasteiger partial charge on any atom is -0.496 e. The number of carbonyl (C=O) groups is 1. The molecule has 0 radical (unpaired) electrons. The summed E-state index contributed by atoms with van der Waals surface area (Å²) in [5, 5.41) is 0.582. The molecule has 0 bridgehead atoms. The van der Waals surface area contributed by atoms with Crippen LogP contribution in [0.3, 0.4) is 0 Å². The molecule has 2 heterocycles.